The molecule has 0 amide bonds. The first-order valence-electron chi connectivity index (χ1n) is 5.25. The van der Waals surface area contributed by atoms with Crippen molar-refractivity contribution in [3.8, 4) is 0 Å². The van der Waals surface area contributed by atoms with Gasteiger partial charge in [-0.2, -0.15) is 0 Å². The van der Waals surface area contributed by atoms with E-state index in [2.05, 4.69) is 47.4 Å². The van der Waals surface area contributed by atoms with E-state index in [1.807, 2.05) is 0 Å². The van der Waals surface area contributed by atoms with Crippen molar-refractivity contribution in [2.24, 2.45) is 7.05 Å². The molecule has 0 aliphatic heterocycles. The molecule has 0 saturated heterocycles. The van der Waals surface area contributed by atoms with Crippen LogP contribution in [0.5, 0.6) is 0 Å². The number of imidazole rings is 1. The summed E-state index contributed by atoms with van der Waals surface area (Å²) in [6, 6.07) is 8.47. The number of rotatable bonds is 3. The second-order valence-corrected chi connectivity index (χ2v) is 4.17. The Kier molecular flexibility index (Phi) is 5.05. The van der Waals surface area contributed by atoms with Gasteiger partial charge in [0.1, 0.15) is 0 Å². The maximum Gasteiger partial charge on any atom is 0.253 e. The molecule has 0 N–H and O–H groups in total. The summed E-state index contributed by atoms with van der Waals surface area (Å²) in [6.07, 6.45) is 1.01. The van der Waals surface area contributed by atoms with Gasteiger partial charge < -0.3 is 24.0 Å². The van der Waals surface area contributed by atoms with E-state index in [9.17, 15) is 0 Å². The molecule has 0 atom stereocenters. The van der Waals surface area contributed by atoms with Crippen LogP contribution in [0.1, 0.15) is 12.2 Å². The number of hydrogen-bond donors (Lipinski definition) is 0. The van der Waals surface area contributed by atoms with Crippen molar-refractivity contribution in [3.63, 3.8) is 0 Å². The van der Waals surface area contributed by atoms with Crippen molar-refractivity contribution in [1.82, 2.24) is 4.57 Å². The van der Waals surface area contributed by atoms with Crippen molar-refractivity contribution in [1.29, 1.82) is 0 Å². The highest BCUT2D eigenvalue weighted by Gasteiger charge is 2.17. The largest absolute Gasteiger partial charge is 1.00 e. The van der Waals surface area contributed by atoms with Crippen molar-refractivity contribution in [3.05, 3.63) is 30.1 Å². The van der Waals surface area contributed by atoms with Gasteiger partial charge in [0.15, 0.2) is 11.0 Å². The fraction of sp³-hybridized carbons (Fsp3) is 0.417. The van der Waals surface area contributed by atoms with E-state index < -0.39 is 0 Å². The van der Waals surface area contributed by atoms with E-state index in [1.54, 1.807) is 0 Å². The van der Waals surface area contributed by atoms with Crippen LogP contribution in [-0.2, 0) is 13.6 Å². The molecule has 2 nitrogen and oxygen atoms in total. The molecule has 2 rings (SSSR count). The fourth-order valence-corrected chi connectivity index (χ4v) is 2.13. The molecule has 0 aliphatic carbocycles. The smallest absolute Gasteiger partial charge is 0.253 e. The molecule has 0 radical (unpaired) electrons. The van der Waals surface area contributed by atoms with Gasteiger partial charge >= 0.3 is 0 Å². The zero-order chi connectivity index (χ0) is 10.8. The van der Waals surface area contributed by atoms with Crippen molar-refractivity contribution in [2.75, 3.05) is 5.88 Å². The lowest BCUT2D eigenvalue weighted by Gasteiger charge is -1.97. The van der Waals surface area contributed by atoms with Gasteiger partial charge in [-0.05, 0) is 18.6 Å². The third-order valence-electron chi connectivity index (χ3n) is 2.93. The standard InChI is InChI=1S/C12H16ClN2.HI/c1-10-14(2)11-6-3-4-7-12(11)15(10)9-5-8-13;/h3-4,6-7H,5,8-9H2,1-2H3;1H/q+1;/p-1. The minimum absolute atomic E-state index is 0. The van der Waals surface area contributed by atoms with Crippen LogP contribution < -0.4 is 28.5 Å². The van der Waals surface area contributed by atoms with E-state index in [0.717, 1.165) is 18.8 Å². The number of halogens is 2. The summed E-state index contributed by atoms with van der Waals surface area (Å²) in [5.74, 6) is 2.00. The Morgan fingerprint density at radius 2 is 2.00 bits per heavy atom. The third-order valence-corrected chi connectivity index (χ3v) is 3.19. The molecule has 0 unspecified atom stereocenters. The topological polar surface area (TPSA) is 8.81 Å². The minimum atomic E-state index is 0. The highest BCUT2D eigenvalue weighted by Crippen LogP contribution is 2.13. The van der Waals surface area contributed by atoms with Crippen molar-refractivity contribution in [2.45, 2.75) is 19.9 Å². The average Bonchev–Trinajstić information content (AvgIpc) is 2.51. The molecule has 4 heteroatoms. The van der Waals surface area contributed by atoms with Crippen LogP contribution in [0.15, 0.2) is 24.3 Å². The number of aryl methyl sites for hydroxylation is 2. The Morgan fingerprint density at radius 1 is 1.31 bits per heavy atom. The summed E-state index contributed by atoms with van der Waals surface area (Å²) in [7, 11) is 2.11. The van der Waals surface area contributed by atoms with Gasteiger partial charge in [-0.1, -0.05) is 12.1 Å². The molecule has 1 heterocycles. The van der Waals surface area contributed by atoms with Crippen LogP contribution in [0.2, 0.25) is 0 Å². The van der Waals surface area contributed by atoms with Gasteiger partial charge in [0.2, 0.25) is 0 Å². The maximum atomic E-state index is 5.74. The lowest BCUT2D eigenvalue weighted by atomic mass is 10.3. The molecule has 16 heavy (non-hydrogen) atoms. The number of hydrogen-bond acceptors (Lipinski definition) is 0. The molecule has 0 saturated carbocycles. The Morgan fingerprint density at radius 3 is 2.69 bits per heavy atom. The van der Waals surface area contributed by atoms with Gasteiger partial charge in [-0.25, -0.2) is 9.13 Å². The molecule has 88 valence electrons. The average molecular weight is 351 g/mol. The van der Waals surface area contributed by atoms with Gasteiger partial charge in [0, 0.05) is 12.8 Å². The number of aromatic nitrogens is 2. The second kappa shape index (κ2) is 5.87. The van der Waals surface area contributed by atoms with Crippen LogP contribution in [0.25, 0.3) is 11.0 Å². The second-order valence-electron chi connectivity index (χ2n) is 3.79. The van der Waals surface area contributed by atoms with Gasteiger partial charge in [-0.15, -0.1) is 11.6 Å². The molecule has 1 aromatic carbocycles. The van der Waals surface area contributed by atoms with E-state index in [0.29, 0.717) is 0 Å². The first-order chi connectivity index (χ1) is 7.25. The molecule has 0 aliphatic rings. The number of nitrogens with zero attached hydrogens (tertiary/aromatic N) is 2. The van der Waals surface area contributed by atoms with Crippen molar-refractivity contribution < 1.29 is 28.5 Å². The first-order valence-corrected chi connectivity index (χ1v) is 5.79. The van der Waals surface area contributed by atoms with E-state index >= 15 is 0 Å². The summed E-state index contributed by atoms with van der Waals surface area (Å²) in [5, 5.41) is 0. The molecule has 0 bridgehead atoms. The van der Waals surface area contributed by atoms with E-state index in [-0.39, 0.29) is 24.0 Å². The van der Waals surface area contributed by atoms with E-state index in [4.69, 9.17) is 11.6 Å². The number of para-hydroxylation sites is 2. The van der Waals surface area contributed by atoms with Crippen LogP contribution >= 0.6 is 11.6 Å². The van der Waals surface area contributed by atoms with E-state index in [1.165, 1.54) is 16.9 Å². The van der Waals surface area contributed by atoms with Crippen LogP contribution in [0.4, 0.5) is 0 Å². The fourth-order valence-electron chi connectivity index (χ4n) is 2.01. The maximum absolute atomic E-state index is 5.74. The molecule has 2 aromatic rings. The summed E-state index contributed by atoms with van der Waals surface area (Å²) in [6.45, 7) is 3.14. The summed E-state index contributed by atoms with van der Waals surface area (Å²) >= 11 is 5.74. The molecular weight excluding hydrogens is 335 g/mol. The quantitative estimate of drug-likeness (QED) is 0.397. The summed E-state index contributed by atoms with van der Waals surface area (Å²) < 4.78 is 4.56. The zero-order valence-electron chi connectivity index (χ0n) is 9.58. The SMILES string of the molecule is Cc1n(CCCCl)c2ccccc2[n+]1C.[I-]. The minimum Gasteiger partial charge on any atom is -1.00 e. The first kappa shape index (κ1) is 13.8. The zero-order valence-corrected chi connectivity index (χ0v) is 12.5. The van der Waals surface area contributed by atoms with Gasteiger partial charge in [0.25, 0.3) is 5.82 Å². The molecular formula is C12H16ClIN2. The van der Waals surface area contributed by atoms with Crippen molar-refractivity contribution >= 4 is 22.6 Å². The lowest BCUT2D eigenvalue weighted by molar-refractivity contribution is -0.652. The van der Waals surface area contributed by atoms with Crippen LogP contribution in [0, 0.1) is 6.92 Å². The number of alkyl halides is 1. The van der Waals surface area contributed by atoms with Gasteiger partial charge in [-0.3, -0.25) is 0 Å². The Hall–Kier alpha value is -0.290. The Bertz CT molecular complexity index is 479. The molecule has 0 fully saturated rings. The number of benzene rings is 1. The normalized spacial score (nSPS) is 10.4. The monoisotopic (exact) mass is 350 g/mol. The van der Waals surface area contributed by atoms with Crippen LogP contribution in [0.3, 0.4) is 0 Å². The Balaban J connectivity index is 0.00000128. The molecule has 1 aromatic heterocycles. The Labute approximate surface area is 118 Å². The van der Waals surface area contributed by atoms with Gasteiger partial charge in [0.05, 0.1) is 13.6 Å². The highest BCUT2D eigenvalue weighted by molar-refractivity contribution is 6.17. The van der Waals surface area contributed by atoms with Crippen LogP contribution in [-0.4, -0.2) is 10.4 Å². The third kappa shape index (κ3) is 2.35. The number of fused-ring (bicyclic) bond motifs is 1. The predicted molar refractivity (Wildman–Crippen MR) is 63.2 cm³/mol. The summed E-state index contributed by atoms with van der Waals surface area (Å²) in [4.78, 5) is 0. The summed E-state index contributed by atoms with van der Waals surface area (Å²) in [5.41, 5.74) is 2.58. The molecule has 0 spiro atoms. The lowest BCUT2D eigenvalue weighted by Crippen LogP contribution is -3.00. The predicted octanol–water partition coefficient (Wildman–Crippen LogP) is -0.593. The highest BCUT2D eigenvalue weighted by atomic mass is 127.